The maximum atomic E-state index is 12.8. The van der Waals surface area contributed by atoms with E-state index < -0.39 is 6.04 Å². The fourth-order valence-corrected chi connectivity index (χ4v) is 3.91. The summed E-state index contributed by atoms with van der Waals surface area (Å²) in [4.78, 5) is 25.5. The summed E-state index contributed by atoms with van der Waals surface area (Å²) < 4.78 is 0. The number of aromatic nitrogens is 2. The molecular weight excluding hydrogens is 409 g/mol. The first kappa shape index (κ1) is 19.9. The number of benzene rings is 2. The molecule has 1 saturated heterocycles. The van der Waals surface area contributed by atoms with Crippen LogP contribution in [0.25, 0.3) is 10.9 Å². The van der Waals surface area contributed by atoms with Crippen molar-refractivity contribution < 1.29 is 4.79 Å². The first-order valence-corrected chi connectivity index (χ1v) is 10.2. The highest BCUT2D eigenvalue weighted by molar-refractivity contribution is 6.30. The number of amides is 1. The number of halogens is 2. The summed E-state index contributed by atoms with van der Waals surface area (Å²) in [6.07, 6.45) is 0.488. The van der Waals surface area contributed by atoms with Crippen molar-refractivity contribution in [2.24, 2.45) is 5.73 Å². The maximum Gasteiger partial charge on any atom is 0.239 e. The molecule has 1 amide bonds. The van der Waals surface area contributed by atoms with Crippen molar-refractivity contribution in [3.05, 3.63) is 64.4 Å². The number of hydrogen-bond donors (Lipinski definition) is 1. The van der Waals surface area contributed by atoms with E-state index in [9.17, 15) is 4.79 Å². The summed E-state index contributed by atoms with van der Waals surface area (Å²) in [5.74, 6) is 0.767. The fourth-order valence-electron chi connectivity index (χ4n) is 3.61. The summed E-state index contributed by atoms with van der Waals surface area (Å²) in [5, 5.41) is 1.85. The second-order valence-electron chi connectivity index (χ2n) is 7.08. The molecule has 0 aliphatic carbocycles. The number of carbonyl (C=O) groups is 1. The quantitative estimate of drug-likeness (QED) is 0.644. The number of piperazine rings is 1. The molecule has 2 aromatic carbocycles. The van der Waals surface area contributed by atoms with Crippen molar-refractivity contribution in [1.82, 2.24) is 14.9 Å². The van der Waals surface area contributed by atoms with Gasteiger partial charge in [0.1, 0.15) is 5.82 Å². The summed E-state index contributed by atoms with van der Waals surface area (Å²) >= 11 is 12.0. The molecule has 2 N–H and O–H groups in total. The molecule has 1 aromatic heterocycles. The number of nitrogens with zero attached hydrogens (tertiary/aromatic N) is 4. The molecule has 0 spiro atoms. The standard InChI is InChI=1S/C21H21Cl2N5O/c22-15-7-5-14(6-8-15)13-17(24)20(29)28-11-9-27(10-12-28)19-16-3-1-2-4-18(16)25-21(23)26-19/h1-8,17H,9-13,24H2/t17-/m1/s1. The minimum absolute atomic E-state index is 0.0369. The van der Waals surface area contributed by atoms with Gasteiger partial charge >= 0.3 is 0 Å². The van der Waals surface area contributed by atoms with Crippen molar-refractivity contribution in [1.29, 1.82) is 0 Å². The van der Waals surface area contributed by atoms with Gasteiger partial charge in [0, 0.05) is 36.6 Å². The molecule has 1 atom stereocenters. The third-order valence-electron chi connectivity index (χ3n) is 5.13. The average Bonchev–Trinajstić information content (AvgIpc) is 2.74. The Labute approximate surface area is 179 Å². The van der Waals surface area contributed by atoms with E-state index in [2.05, 4.69) is 14.9 Å². The molecular formula is C21H21Cl2N5O. The lowest BCUT2D eigenvalue weighted by Gasteiger charge is -2.36. The average molecular weight is 430 g/mol. The molecule has 6 nitrogen and oxygen atoms in total. The molecule has 0 saturated carbocycles. The minimum atomic E-state index is -0.572. The number of hydrogen-bond acceptors (Lipinski definition) is 5. The van der Waals surface area contributed by atoms with Crippen LogP contribution in [-0.2, 0) is 11.2 Å². The van der Waals surface area contributed by atoms with Crippen LogP contribution in [-0.4, -0.2) is 53.0 Å². The van der Waals surface area contributed by atoms with Crippen LogP contribution in [0, 0.1) is 0 Å². The Bertz CT molecular complexity index is 1020. The topological polar surface area (TPSA) is 75.4 Å². The summed E-state index contributed by atoms with van der Waals surface area (Å²) in [6.45, 7) is 2.50. The molecule has 1 fully saturated rings. The van der Waals surface area contributed by atoms with Gasteiger partial charge in [0.25, 0.3) is 0 Å². The number of carbonyl (C=O) groups excluding carboxylic acids is 1. The number of fused-ring (bicyclic) bond motifs is 1. The van der Waals surface area contributed by atoms with Gasteiger partial charge in [-0.15, -0.1) is 0 Å². The van der Waals surface area contributed by atoms with E-state index in [0.717, 1.165) is 22.3 Å². The van der Waals surface area contributed by atoms with Crippen molar-refractivity contribution in [2.45, 2.75) is 12.5 Å². The number of nitrogens with two attached hydrogens (primary N) is 1. The van der Waals surface area contributed by atoms with E-state index in [1.807, 2.05) is 53.4 Å². The molecule has 0 bridgehead atoms. The zero-order valence-corrected chi connectivity index (χ0v) is 17.3. The van der Waals surface area contributed by atoms with Crippen molar-refractivity contribution >= 4 is 45.8 Å². The Kier molecular flexibility index (Phi) is 5.85. The lowest BCUT2D eigenvalue weighted by atomic mass is 10.1. The fraction of sp³-hybridized carbons (Fsp3) is 0.286. The third kappa shape index (κ3) is 4.45. The molecule has 29 heavy (non-hydrogen) atoms. The Hall–Kier alpha value is -2.41. The molecule has 3 aromatic rings. The van der Waals surface area contributed by atoms with Gasteiger partial charge in [-0.25, -0.2) is 4.98 Å². The van der Waals surface area contributed by atoms with Gasteiger partial charge in [-0.05, 0) is 47.9 Å². The summed E-state index contributed by atoms with van der Waals surface area (Å²) in [7, 11) is 0. The van der Waals surface area contributed by atoms with Gasteiger partial charge in [0.15, 0.2) is 0 Å². The van der Waals surface area contributed by atoms with Crippen LogP contribution >= 0.6 is 23.2 Å². The first-order valence-electron chi connectivity index (χ1n) is 9.47. The van der Waals surface area contributed by atoms with E-state index in [1.54, 1.807) is 0 Å². The third-order valence-corrected chi connectivity index (χ3v) is 5.55. The van der Waals surface area contributed by atoms with Crippen molar-refractivity contribution in [3.63, 3.8) is 0 Å². The highest BCUT2D eigenvalue weighted by Gasteiger charge is 2.27. The molecule has 1 aliphatic rings. The van der Waals surface area contributed by atoms with Crippen LogP contribution in [0.5, 0.6) is 0 Å². The van der Waals surface area contributed by atoms with E-state index in [4.69, 9.17) is 28.9 Å². The van der Waals surface area contributed by atoms with Crippen LogP contribution in [0.3, 0.4) is 0 Å². The van der Waals surface area contributed by atoms with Gasteiger partial charge in [-0.3, -0.25) is 4.79 Å². The maximum absolute atomic E-state index is 12.8. The Morgan fingerprint density at radius 1 is 1.00 bits per heavy atom. The molecule has 2 heterocycles. The zero-order valence-electron chi connectivity index (χ0n) is 15.8. The van der Waals surface area contributed by atoms with Gasteiger partial charge in [-0.2, -0.15) is 4.98 Å². The SMILES string of the molecule is N[C@H](Cc1ccc(Cl)cc1)C(=O)N1CCN(c2nc(Cl)nc3ccccc23)CC1. The van der Waals surface area contributed by atoms with E-state index in [-0.39, 0.29) is 11.2 Å². The molecule has 0 radical (unpaired) electrons. The number of para-hydroxylation sites is 1. The number of rotatable bonds is 4. The summed E-state index contributed by atoms with van der Waals surface area (Å²) in [6, 6.07) is 14.6. The van der Waals surface area contributed by atoms with Crippen LogP contribution in [0.2, 0.25) is 10.3 Å². The van der Waals surface area contributed by atoms with E-state index in [0.29, 0.717) is 37.6 Å². The van der Waals surface area contributed by atoms with Crippen molar-refractivity contribution in [2.75, 3.05) is 31.1 Å². The molecule has 150 valence electrons. The highest BCUT2D eigenvalue weighted by atomic mass is 35.5. The Morgan fingerprint density at radius 3 is 2.41 bits per heavy atom. The van der Waals surface area contributed by atoms with Crippen LogP contribution in [0.4, 0.5) is 5.82 Å². The van der Waals surface area contributed by atoms with Crippen LogP contribution in [0.1, 0.15) is 5.56 Å². The van der Waals surface area contributed by atoms with Gasteiger partial charge in [0.2, 0.25) is 11.2 Å². The summed E-state index contributed by atoms with van der Waals surface area (Å²) in [5.41, 5.74) is 7.99. The first-order chi connectivity index (χ1) is 14.0. The molecule has 4 rings (SSSR count). The van der Waals surface area contributed by atoms with Gasteiger partial charge in [0.05, 0.1) is 11.6 Å². The Balaban J connectivity index is 1.41. The van der Waals surface area contributed by atoms with Crippen LogP contribution < -0.4 is 10.6 Å². The predicted octanol–water partition coefficient (Wildman–Crippen LogP) is 3.16. The lowest BCUT2D eigenvalue weighted by molar-refractivity contribution is -0.132. The monoisotopic (exact) mass is 429 g/mol. The molecule has 0 unspecified atom stereocenters. The smallest absolute Gasteiger partial charge is 0.239 e. The lowest BCUT2D eigenvalue weighted by Crippen LogP contribution is -2.53. The second-order valence-corrected chi connectivity index (χ2v) is 7.86. The molecule has 1 aliphatic heterocycles. The Morgan fingerprint density at radius 2 is 1.69 bits per heavy atom. The van der Waals surface area contributed by atoms with Crippen LogP contribution in [0.15, 0.2) is 48.5 Å². The highest BCUT2D eigenvalue weighted by Crippen LogP contribution is 2.26. The minimum Gasteiger partial charge on any atom is -0.352 e. The second kappa shape index (κ2) is 8.53. The van der Waals surface area contributed by atoms with E-state index in [1.165, 1.54) is 0 Å². The number of anilines is 1. The molecule has 8 heteroatoms. The largest absolute Gasteiger partial charge is 0.352 e. The van der Waals surface area contributed by atoms with Crippen molar-refractivity contribution in [3.8, 4) is 0 Å². The van der Waals surface area contributed by atoms with Gasteiger partial charge in [-0.1, -0.05) is 35.9 Å². The zero-order chi connectivity index (χ0) is 20.4. The predicted molar refractivity (Wildman–Crippen MR) is 116 cm³/mol. The van der Waals surface area contributed by atoms with E-state index >= 15 is 0 Å². The van der Waals surface area contributed by atoms with Gasteiger partial charge < -0.3 is 15.5 Å². The normalized spacial score (nSPS) is 15.6.